The molecule has 1 rings (SSSR count). The molecule has 0 spiro atoms. The molecule has 1 saturated heterocycles. The Balaban J connectivity index is 2.67. The molecule has 0 aromatic rings. The summed E-state index contributed by atoms with van der Waals surface area (Å²) in [5, 5.41) is 12.3. The van der Waals surface area contributed by atoms with E-state index in [2.05, 4.69) is 11.9 Å². The normalized spacial score (nSPS) is 24.3. The molecule has 19 heavy (non-hydrogen) atoms. The van der Waals surface area contributed by atoms with Gasteiger partial charge >= 0.3 is 12.0 Å². The Morgan fingerprint density at radius 2 is 2.11 bits per heavy atom. The van der Waals surface area contributed by atoms with E-state index in [1.165, 1.54) is 0 Å². The van der Waals surface area contributed by atoms with Gasteiger partial charge in [0.1, 0.15) is 0 Å². The lowest BCUT2D eigenvalue weighted by atomic mass is 9.76. The highest BCUT2D eigenvalue weighted by Gasteiger charge is 2.48. The molecule has 1 heterocycles. The van der Waals surface area contributed by atoms with E-state index in [-0.39, 0.29) is 24.5 Å². The standard InChI is InChI=1S/C14H24N2O3/c1-5-6-11(4)15-13(19)16-8-7-14(9-16,10(2)3)12(17)18/h5,10-11H,1,6-9H2,2-4H3,(H,15,19)(H,17,18). The van der Waals surface area contributed by atoms with Gasteiger partial charge in [-0.15, -0.1) is 6.58 Å². The van der Waals surface area contributed by atoms with Crippen LogP contribution in [0.4, 0.5) is 4.79 Å². The van der Waals surface area contributed by atoms with E-state index in [1.54, 1.807) is 11.0 Å². The van der Waals surface area contributed by atoms with E-state index in [9.17, 15) is 14.7 Å². The summed E-state index contributed by atoms with van der Waals surface area (Å²) in [6, 6.07) is -0.165. The van der Waals surface area contributed by atoms with Crippen LogP contribution in [0.2, 0.25) is 0 Å². The van der Waals surface area contributed by atoms with Crippen molar-refractivity contribution in [2.24, 2.45) is 11.3 Å². The molecule has 0 saturated carbocycles. The van der Waals surface area contributed by atoms with Crippen LogP contribution in [0.1, 0.15) is 33.6 Å². The third-order valence-electron chi connectivity index (χ3n) is 4.01. The molecule has 5 heteroatoms. The lowest BCUT2D eigenvalue weighted by Crippen LogP contribution is -2.45. The highest BCUT2D eigenvalue weighted by Crippen LogP contribution is 2.38. The van der Waals surface area contributed by atoms with E-state index in [0.29, 0.717) is 19.4 Å². The van der Waals surface area contributed by atoms with Crippen LogP contribution in [-0.2, 0) is 4.79 Å². The summed E-state index contributed by atoms with van der Waals surface area (Å²) in [4.78, 5) is 25.1. The van der Waals surface area contributed by atoms with Crippen molar-refractivity contribution in [3.63, 3.8) is 0 Å². The molecular formula is C14H24N2O3. The first kappa shape index (κ1) is 15.5. The van der Waals surface area contributed by atoms with Crippen molar-refractivity contribution in [2.75, 3.05) is 13.1 Å². The number of amides is 2. The number of likely N-dealkylation sites (tertiary alicyclic amines) is 1. The molecule has 0 aromatic heterocycles. The van der Waals surface area contributed by atoms with E-state index in [0.717, 1.165) is 0 Å². The average Bonchev–Trinajstić information content (AvgIpc) is 2.75. The molecule has 2 N–H and O–H groups in total. The molecule has 5 nitrogen and oxygen atoms in total. The van der Waals surface area contributed by atoms with Gasteiger partial charge in [0.25, 0.3) is 0 Å². The van der Waals surface area contributed by atoms with Crippen LogP contribution in [0.15, 0.2) is 12.7 Å². The van der Waals surface area contributed by atoms with Crippen molar-refractivity contribution >= 4 is 12.0 Å². The van der Waals surface area contributed by atoms with E-state index >= 15 is 0 Å². The molecule has 2 amide bonds. The molecule has 108 valence electrons. The number of hydrogen-bond donors (Lipinski definition) is 2. The van der Waals surface area contributed by atoms with Gasteiger partial charge in [0.05, 0.1) is 5.41 Å². The number of carboxylic acids is 1. The zero-order valence-electron chi connectivity index (χ0n) is 12.0. The third kappa shape index (κ3) is 3.28. The van der Waals surface area contributed by atoms with Crippen LogP contribution in [-0.4, -0.2) is 41.1 Å². The Morgan fingerprint density at radius 3 is 2.53 bits per heavy atom. The lowest BCUT2D eigenvalue weighted by Gasteiger charge is -2.29. The minimum atomic E-state index is -0.808. The van der Waals surface area contributed by atoms with Crippen molar-refractivity contribution in [1.29, 1.82) is 0 Å². The summed E-state index contributed by atoms with van der Waals surface area (Å²) in [5.41, 5.74) is -0.807. The first-order valence-corrected chi connectivity index (χ1v) is 6.73. The van der Waals surface area contributed by atoms with Gasteiger partial charge in [-0.3, -0.25) is 4.79 Å². The summed E-state index contributed by atoms with van der Waals surface area (Å²) in [6.45, 7) is 10.1. The highest BCUT2D eigenvalue weighted by atomic mass is 16.4. The highest BCUT2D eigenvalue weighted by molar-refractivity contribution is 5.80. The number of nitrogens with zero attached hydrogens (tertiary/aromatic N) is 1. The summed E-state index contributed by atoms with van der Waals surface area (Å²) in [5.74, 6) is -0.801. The molecule has 2 unspecified atom stereocenters. The van der Waals surface area contributed by atoms with Crippen LogP contribution >= 0.6 is 0 Å². The summed E-state index contributed by atoms with van der Waals surface area (Å²) >= 11 is 0. The fourth-order valence-electron chi connectivity index (χ4n) is 2.51. The zero-order chi connectivity index (χ0) is 14.6. The minimum Gasteiger partial charge on any atom is -0.481 e. The molecule has 1 aliphatic rings. The Labute approximate surface area is 114 Å². The Kier molecular flexibility index (Phi) is 4.97. The number of aliphatic carboxylic acids is 1. The second-order valence-corrected chi connectivity index (χ2v) is 5.66. The molecule has 0 aliphatic carbocycles. The van der Waals surface area contributed by atoms with Gasteiger partial charge in [-0.25, -0.2) is 4.79 Å². The number of carbonyl (C=O) groups is 2. The monoisotopic (exact) mass is 268 g/mol. The fraction of sp³-hybridized carbons (Fsp3) is 0.714. The second kappa shape index (κ2) is 6.08. The predicted octanol–water partition coefficient (Wildman–Crippen LogP) is 2.09. The van der Waals surface area contributed by atoms with Gasteiger partial charge in [0.15, 0.2) is 0 Å². The van der Waals surface area contributed by atoms with Crippen molar-refractivity contribution < 1.29 is 14.7 Å². The molecule has 0 aromatic carbocycles. The Bertz CT molecular complexity index is 368. The van der Waals surface area contributed by atoms with Gasteiger partial charge in [0, 0.05) is 19.1 Å². The van der Waals surface area contributed by atoms with Crippen LogP contribution in [0.5, 0.6) is 0 Å². The van der Waals surface area contributed by atoms with Crippen LogP contribution in [0.25, 0.3) is 0 Å². The number of rotatable bonds is 5. The van der Waals surface area contributed by atoms with E-state index in [4.69, 9.17) is 0 Å². The smallest absolute Gasteiger partial charge is 0.317 e. The van der Waals surface area contributed by atoms with E-state index in [1.807, 2.05) is 20.8 Å². The first-order valence-electron chi connectivity index (χ1n) is 6.73. The topological polar surface area (TPSA) is 69.6 Å². The average molecular weight is 268 g/mol. The summed E-state index contributed by atoms with van der Waals surface area (Å²) in [6.07, 6.45) is 2.97. The number of hydrogen-bond acceptors (Lipinski definition) is 2. The number of urea groups is 1. The third-order valence-corrected chi connectivity index (χ3v) is 4.01. The van der Waals surface area contributed by atoms with Crippen molar-refractivity contribution in [3.8, 4) is 0 Å². The number of nitrogens with one attached hydrogen (secondary N) is 1. The predicted molar refractivity (Wildman–Crippen MR) is 73.9 cm³/mol. The fourth-order valence-corrected chi connectivity index (χ4v) is 2.51. The van der Waals surface area contributed by atoms with Crippen LogP contribution in [0, 0.1) is 11.3 Å². The first-order chi connectivity index (χ1) is 8.83. The molecular weight excluding hydrogens is 244 g/mol. The molecule has 0 radical (unpaired) electrons. The van der Waals surface area contributed by atoms with Gasteiger partial charge in [-0.1, -0.05) is 19.9 Å². The van der Waals surface area contributed by atoms with Crippen molar-refractivity contribution in [3.05, 3.63) is 12.7 Å². The molecule has 2 atom stereocenters. The number of carboxylic acid groups (broad SMARTS) is 1. The quantitative estimate of drug-likeness (QED) is 0.750. The SMILES string of the molecule is C=CCC(C)NC(=O)N1CCC(C(=O)O)(C(C)C)C1. The largest absolute Gasteiger partial charge is 0.481 e. The van der Waals surface area contributed by atoms with Crippen molar-refractivity contribution in [2.45, 2.75) is 39.7 Å². The van der Waals surface area contributed by atoms with Gasteiger partial charge in [-0.05, 0) is 25.7 Å². The van der Waals surface area contributed by atoms with Gasteiger partial charge in [0.2, 0.25) is 0 Å². The molecule has 1 aliphatic heterocycles. The second-order valence-electron chi connectivity index (χ2n) is 5.66. The zero-order valence-corrected chi connectivity index (χ0v) is 12.0. The van der Waals surface area contributed by atoms with Gasteiger partial charge in [-0.2, -0.15) is 0 Å². The van der Waals surface area contributed by atoms with Crippen LogP contribution < -0.4 is 5.32 Å². The molecule has 0 bridgehead atoms. The summed E-state index contributed by atoms with van der Waals surface area (Å²) < 4.78 is 0. The maximum Gasteiger partial charge on any atom is 0.317 e. The van der Waals surface area contributed by atoms with Gasteiger partial charge < -0.3 is 15.3 Å². The Hall–Kier alpha value is -1.52. The van der Waals surface area contributed by atoms with E-state index < -0.39 is 11.4 Å². The van der Waals surface area contributed by atoms with Crippen LogP contribution in [0.3, 0.4) is 0 Å². The lowest BCUT2D eigenvalue weighted by molar-refractivity contribution is -0.150. The minimum absolute atomic E-state index is 0.00778. The maximum atomic E-state index is 12.1. The number of carbonyl (C=O) groups excluding carboxylic acids is 1. The van der Waals surface area contributed by atoms with Crippen molar-refractivity contribution in [1.82, 2.24) is 10.2 Å². The summed E-state index contributed by atoms with van der Waals surface area (Å²) in [7, 11) is 0. The molecule has 1 fully saturated rings. The Morgan fingerprint density at radius 1 is 1.47 bits per heavy atom. The maximum absolute atomic E-state index is 12.1.